The molecule has 0 N–H and O–H groups in total. The molecule has 0 saturated carbocycles. The molecule has 1 amide bonds. The molecule has 2 aromatic carbocycles. The molecule has 0 fully saturated rings. The molecule has 0 atom stereocenters. The van der Waals surface area contributed by atoms with Crippen LogP contribution in [0.3, 0.4) is 0 Å². The average Bonchev–Trinajstić information content (AvgIpc) is 2.91. The first-order valence-corrected chi connectivity index (χ1v) is 9.59. The van der Waals surface area contributed by atoms with Crippen LogP contribution in [0.2, 0.25) is 5.02 Å². The Labute approximate surface area is 174 Å². The summed E-state index contributed by atoms with van der Waals surface area (Å²) >= 11 is 6.13. The molecule has 1 heterocycles. The largest absolute Gasteiger partial charge is 0.462 e. The normalized spacial score (nSPS) is 15.4. The van der Waals surface area contributed by atoms with Crippen LogP contribution >= 0.6 is 11.6 Å². The van der Waals surface area contributed by atoms with Crippen molar-refractivity contribution in [2.75, 3.05) is 11.5 Å². The molecule has 0 saturated heterocycles. The van der Waals surface area contributed by atoms with E-state index in [0.29, 0.717) is 11.4 Å². The summed E-state index contributed by atoms with van der Waals surface area (Å²) in [6.45, 7) is 7.43. The number of allylic oxidation sites excluding steroid dienone is 1. The van der Waals surface area contributed by atoms with Crippen molar-refractivity contribution in [3.8, 4) is 0 Å². The second-order valence-corrected chi connectivity index (χ2v) is 7.19. The number of ether oxygens (including phenoxy) is 1. The molecular weight excluding hydrogens is 393 g/mol. The molecule has 4 nitrogen and oxygen atoms in total. The van der Waals surface area contributed by atoms with E-state index in [9.17, 15) is 14.0 Å². The number of halogens is 2. The van der Waals surface area contributed by atoms with E-state index in [-0.39, 0.29) is 28.3 Å². The minimum atomic E-state index is -0.636. The molecule has 0 spiro atoms. The van der Waals surface area contributed by atoms with Crippen LogP contribution < -0.4 is 4.90 Å². The summed E-state index contributed by atoms with van der Waals surface area (Å²) in [4.78, 5) is 27.4. The van der Waals surface area contributed by atoms with Crippen molar-refractivity contribution in [1.82, 2.24) is 0 Å². The first-order chi connectivity index (χ1) is 13.8. The first kappa shape index (κ1) is 20.8. The van der Waals surface area contributed by atoms with Crippen LogP contribution in [0.1, 0.15) is 30.5 Å². The summed E-state index contributed by atoms with van der Waals surface area (Å²) in [6.07, 6.45) is 1.32. The van der Waals surface area contributed by atoms with E-state index >= 15 is 0 Å². The standard InChI is InChI=1S/C23H21ClFNO3/c1-5-29-23(28)21-15(4)26(16-10-9-13(2)14(3)11-16)22(27)18(21)12-17-19(24)7-6-8-20(17)25/h6-12H,5H2,1-4H3/b18-12+. The van der Waals surface area contributed by atoms with Crippen LogP contribution in [0.25, 0.3) is 6.08 Å². The smallest absolute Gasteiger partial charge is 0.340 e. The van der Waals surface area contributed by atoms with Gasteiger partial charge in [0.25, 0.3) is 5.91 Å². The van der Waals surface area contributed by atoms with Gasteiger partial charge in [-0.1, -0.05) is 23.7 Å². The van der Waals surface area contributed by atoms with Gasteiger partial charge in [-0.25, -0.2) is 9.18 Å². The van der Waals surface area contributed by atoms with Gasteiger partial charge in [0, 0.05) is 16.9 Å². The van der Waals surface area contributed by atoms with Gasteiger partial charge in [-0.15, -0.1) is 0 Å². The highest BCUT2D eigenvalue weighted by Gasteiger charge is 2.38. The Morgan fingerprint density at radius 3 is 2.52 bits per heavy atom. The minimum absolute atomic E-state index is 0.0474. The number of aryl methyl sites for hydroxylation is 2. The molecule has 6 heteroatoms. The molecule has 150 valence electrons. The molecule has 2 aromatic rings. The zero-order valence-electron chi connectivity index (χ0n) is 16.7. The summed E-state index contributed by atoms with van der Waals surface area (Å²) in [6, 6.07) is 9.84. The van der Waals surface area contributed by atoms with E-state index in [2.05, 4.69) is 0 Å². The topological polar surface area (TPSA) is 46.6 Å². The number of rotatable bonds is 4. The lowest BCUT2D eigenvalue weighted by molar-refractivity contribution is -0.138. The summed E-state index contributed by atoms with van der Waals surface area (Å²) in [5, 5.41) is 0.149. The van der Waals surface area contributed by atoms with Gasteiger partial charge in [-0.2, -0.15) is 0 Å². The van der Waals surface area contributed by atoms with E-state index in [4.69, 9.17) is 16.3 Å². The van der Waals surface area contributed by atoms with E-state index < -0.39 is 17.7 Å². The van der Waals surface area contributed by atoms with Gasteiger partial charge >= 0.3 is 5.97 Å². The highest BCUT2D eigenvalue weighted by atomic mass is 35.5. The van der Waals surface area contributed by atoms with Gasteiger partial charge in [0.2, 0.25) is 0 Å². The highest BCUT2D eigenvalue weighted by Crippen LogP contribution is 2.37. The fraction of sp³-hybridized carbons (Fsp3) is 0.217. The second kappa shape index (κ2) is 8.21. The lowest BCUT2D eigenvalue weighted by Crippen LogP contribution is -2.24. The van der Waals surface area contributed by atoms with Crippen molar-refractivity contribution in [2.24, 2.45) is 0 Å². The van der Waals surface area contributed by atoms with Crippen LogP contribution in [0.5, 0.6) is 0 Å². The Balaban J connectivity index is 2.20. The van der Waals surface area contributed by atoms with Gasteiger partial charge in [0.05, 0.1) is 22.8 Å². The molecule has 0 aliphatic carbocycles. The number of carbonyl (C=O) groups excluding carboxylic acids is 2. The van der Waals surface area contributed by atoms with Gasteiger partial charge in [0.15, 0.2) is 0 Å². The molecule has 0 bridgehead atoms. The van der Waals surface area contributed by atoms with Crippen molar-refractivity contribution >= 4 is 35.2 Å². The van der Waals surface area contributed by atoms with Crippen LogP contribution in [0.15, 0.2) is 53.2 Å². The van der Waals surface area contributed by atoms with E-state index in [1.54, 1.807) is 13.8 Å². The van der Waals surface area contributed by atoms with Crippen LogP contribution in [0, 0.1) is 19.7 Å². The predicted octanol–water partition coefficient (Wildman–Crippen LogP) is 5.36. The number of amides is 1. The second-order valence-electron chi connectivity index (χ2n) is 6.78. The maximum absolute atomic E-state index is 14.3. The molecule has 3 rings (SSSR count). The fourth-order valence-electron chi connectivity index (χ4n) is 3.25. The van der Waals surface area contributed by atoms with E-state index in [1.165, 1.54) is 29.2 Å². The van der Waals surface area contributed by atoms with Crippen molar-refractivity contribution < 1.29 is 18.7 Å². The molecule has 0 radical (unpaired) electrons. The molecule has 29 heavy (non-hydrogen) atoms. The Morgan fingerprint density at radius 2 is 1.90 bits per heavy atom. The summed E-state index contributed by atoms with van der Waals surface area (Å²) in [5.74, 6) is -1.65. The summed E-state index contributed by atoms with van der Waals surface area (Å²) in [7, 11) is 0. The summed E-state index contributed by atoms with van der Waals surface area (Å²) < 4.78 is 19.5. The zero-order chi connectivity index (χ0) is 21.3. The number of hydrogen-bond acceptors (Lipinski definition) is 3. The molecule has 1 aliphatic rings. The monoisotopic (exact) mass is 413 g/mol. The predicted molar refractivity (Wildman–Crippen MR) is 112 cm³/mol. The number of benzene rings is 2. The average molecular weight is 414 g/mol. The van der Waals surface area contributed by atoms with Gasteiger partial charge in [0.1, 0.15) is 5.82 Å². The number of anilines is 1. The molecule has 0 unspecified atom stereocenters. The molecule has 1 aliphatic heterocycles. The number of hydrogen-bond donors (Lipinski definition) is 0. The zero-order valence-corrected chi connectivity index (χ0v) is 17.4. The quantitative estimate of drug-likeness (QED) is 0.500. The third-order valence-electron chi connectivity index (χ3n) is 4.92. The van der Waals surface area contributed by atoms with Crippen molar-refractivity contribution in [2.45, 2.75) is 27.7 Å². The van der Waals surface area contributed by atoms with Gasteiger partial charge in [-0.3, -0.25) is 9.69 Å². The SMILES string of the molecule is CCOC(=O)C1=C(C)N(c2ccc(C)c(C)c2)C(=O)/C1=C/c1c(F)cccc1Cl. The summed E-state index contributed by atoms with van der Waals surface area (Å²) in [5.41, 5.74) is 3.35. The number of carbonyl (C=O) groups is 2. The van der Waals surface area contributed by atoms with Gasteiger partial charge < -0.3 is 4.74 Å². The van der Waals surface area contributed by atoms with Crippen LogP contribution in [0.4, 0.5) is 10.1 Å². The maximum atomic E-state index is 14.3. The third kappa shape index (κ3) is 3.83. The van der Waals surface area contributed by atoms with Crippen LogP contribution in [-0.4, -0.2) is 18.5 Å². The first-order valence-electron chi connectivity index (χ1n) is 9.22. The Bertz CT molecular complexity index is 1050. The third-order valence-corrected chi connectivity index (χ3v) is 5.25. The van der Waals surface area contributed by atoms with Gasteiger partial charge in [-0.05, 0) is 69.2 Å². The Kier molecular flexibility index (Phi) is 5.89. The molecular formula is C23H21ClFNO3. The van der Waals surface area contributed by atoms with Crippen molar-refractivity contribution in [1.29, 1.82) is 0 Å². The minimum Gasteiger partial charge on any atom is -0.462 e. The van der Waals surface area contributed by atoms with Crippen molar-refractivity contribution in [3.05, 3.63) is 80.8 Å². The van der Waals surface area contributed by atoms with Crippen molar-refractivity contribution in [3.63, 3.8) is 0 Å². The molecule has 0 aromatic heterocycles. The number of nitrogens with zero attached hydrogens (tertiary/aromatic N) is 1. The van der Waals surface area contributed by atoms with E-state index in [0.717, 1.165) is 11.1 Å². The number of esters is 1. The lowest BCUT2D eigenvalue weighted by atomic mass is 10.0. The maximum Gasteiger partial charge on any atom is 0.340 e. The fourth-order valence-corrected chi connectivity index (χ4v) is 3.47. The lowest BCUT2D eigenvalue weighted by Gasteiger charge is -2.19. The highest BCUT2D eigenvalue weighted by molar-refractivity contribution is 6.32. The van der Waals surface area contributed by atoms with Crippen LogP contribution in [-0.2, 0) is 14.3 Å². The Hall–Kier alpha value is -2.92. The Morgan fingerprint density at radius 1 is 1.17 bits per heavy atom. The van der Waals surface area contributed by atoms with E-state index in [1.807, 2.05) is 32.0 Å².